The van der Waals surface area contributed by atoms with Gasteiger partial charge in [-0.1, -0.05) is 0 Å². The highest BCUT2D eigenvalue weighted by atomic mass is 16.5. The Balaban J connectivity index is 4.71. The zero-order valence-corrected chi connectivity index (χ0v) is 9.59. The van der Waals surface area contributed by atoms with Gasteiger partial charge in [0.05, 0.1) is 6.61 Å². The molecule has 0 aromatic rings. The van der Waals surface area contributed by atoms with Crippen molar-refractivity contribution in [1.82, 2.24) is 4.90 Å². The molecule has 4 nitrogen and oxygen atoms in total. The van der Waals surface area contributed by atoms with Gasteiger partial charge in [-0.05, 0) is 34.9 Å². The van der Waals surface area contributed by atoms with Crippen LogP contribution in [0, 0.1) is 5.41 Å². The summed E-state index contributed by atoms with van der Waals surface area (Å²) in [5.41, 5.74) is -1.04. The van der Waals surface area contributed by atoms with Crippen LogP contribution in [0.25, 0.3) is 0 Å². The number of esters is 1. The first kappa shape index (κ1) is 13.1. The maximum absolute atomic E-state index is 11.6. The molecule has 0 spiro atoms. The maximum atomic E-state index is 11.6. The lowest BCUT2D eigenvalue weighted by Gasteiger charge is -2.27. The number of rotatable bonds is 5. The zero-order valence-electron chi connectivity index (χ0n) is 9.59. The van der Waals surface area contributed by atoms with Crippen LogP contribution in [-0.2, 0) is 14.3 Å². The van der Waals surface area contributed by atoms with Crippen LogP contribution in [0.4, 0.5) is 0 Å². The fourth-order valence-corrected chi connectivity index (χ4v) is 1.24. The highest BCUT2D eigenvalue weighted by molar-refractivity contribution is 6.02. The van der Waals surface area contributed by atoms with E-state index < -0.39 is 11.4 Å². The number of nitrogens with zero attached hydrogens (tertiary/aromatic N) is 1. The Hall–Kier alpha value is -0.900. The van der Waals surface area contributed by atoms with Crippen molar-refractivity contribution in [1.29, 1.82) is 0 Å². The third-order valence-electron chi connectivity index (χ3n) is 2.14. The van der Waals surface area contributed by atoms with E-state index in [0.29, 0.717) is 13.2 Å². The second-order valence-electron chi connectivity index (χ2n) is 3.85. The molecule has 82 valence electrons. The molecular weight excluding hydrogens is 182 g/mol. The fraction of sp³-hybridized carbons (Fsp3) is 0.800. The lowest BCUT2D eigenvalue weighted by molar-refractivity contribution is -0.159. The van der Waals surface area contributed by atoms with E-state index in [1.54, 1.807) is 18.7 Å². The van der Waals surface area contributed by atoms with Gasteiger partial charge in [-0.15, -0.1) is 0 Å². The van der Waals surface area contributed by atoms with E-state index in [0.717, 1.165) is 0 Å². The minimum Gasteiger partial charge on any atom is -0.465 e. The van der Waals surface area contributed by atoms with Gasteiger partial charge in [0.25, 0.3) is 0 Å². The molecule has 0 saturated carbocycles. The van der Waals surface area contributed by atoms with Crippen LogP contribution in [0.2, 0.25) is 0 Å². The maximum Gasteiger partial charge on any atom is 0.320 e. The number of carbonyl (C=O) groups is 2. The molecule has 1 atom stereocenters. The molecule has 0 aromatic carbocycles. The number of Topliss-reactive ketones (excluding diaryl/α,β-unsaturated/α-hetero) is 1. The number of hydrogen-bond donors (Lipinski definition) is 0. The van der Waals surface area contributed by atoms with Crippen LogP contribution < -0.4 is 0 Å². The minimum absolute atomic E-state index is 0.162. The minimum atomic E-state index is -1.04. The second-order valence-corrected chi connectivity index (χ2v) is 3.85. The summed E-state index contributed by atoms with van der Waals surface area (Å²) in [5, 5.41) is 0. The summed E-state index contributed by atoms with van der Waals surface area (Å²) < 4.78 is 4.88. The van der Waals surface area contributed by atoms with Crippen molar-refractivity contribution >= 4 is 11.8 Å². The van der Waals surface area contributed by atoms with Crippen molar-refractivity contribution < 1.29 is 14.3 Å². The number of ether oxygens (including phenoxy) is 1. The van der Waals surface area contributed by atoms with E-state index in [-0.39, 0.29) is 5.78 Å². The molecule has 0 radical (unpaired) electrons. The first-order valence-electron chi connectivity index (χ1n) is 4.67. The Morgan fingerprint density at radius 2 is 1.86 bits per heavy atom. The van der Waals surface area contributed by atoms with Gasteiger partial charge in [-0.3, -0.25) is 9.59 Å². The Morgan fingerprint density at radius 3 is 2.14 bits per heavy atom. The van der Waals surface area contributed by atoms with E-state index in [9.17, 15) is 9.59 Å². The van der Waals surface area contributed by atoms with Gasteiger partial charge in [0.15, 0.2) is 0 Å². The first-order chi connectivity index (χ1) is 6.34. The van der Waals surface area contributed by atoms with Gasteiger partial charge in [-0.2, -0.15) is 0 Å². The molecule has 0 aliphatic carbocycles. The van der Waals surface area contributed by atoms with Crippen LogP contribution in [0.1, 0.15) is 20.8 Å². The Morgan fingerprint density at radius 1 is 1.36 bits per heavy atom. The Labute approximate surface area is 85.2 Å². The topological polar surface area (TPSA) is 46.6 Å². The van der Waals surface area contributed by atoms with Crippen LogP contribution >= 0.6 is 0 Å². The van der Waals surface area contributed by atoms with E-state index in [2.05, 4.69) is 0 Å². The predicted molar refractivity (Wildman–Crippen MR) is 54.0 cm³/mol. The summed E-state index contributed by atoms with van der Waals surface area (Å²) in [6.07, 6.45) is 0. The zero-order chi connectivity index (χ0) is 11.4. The largest absolute Gasteiger partial charge is 0.465 e. The average molecular weight is 201 g/mol. The van der Waals surface area contributed by atoms with Gasteiger partial charge >= 0.3 is 5.97 Å². The third-order valence-corrected chi connectivity index (χ3v) is 2.14. The standard InChI is InChI=1S/C10H19NO3/c1-6-14-9(13)10(3,8(2)12)7-11(4)5/h6-7H2,1-5H3. The molecule has 4 heteroatoms. The predicted octanol–water partition coefficient (Wildman–Crippen LogP) is 0.706. The monoisotopic (exact) mass is 201 g/mol. The third kappa shape index (κ3) is 3.10. The lowest BCUT2D eigenvalue weighted by Crippen LogP contribution is -2.44. The molecule has 0 aromatic heterocycles. The quantitative estimate of drug-likeness (QED) is 0.485. The van der Waals surface area contributed by atoms with Gasteiger partial charge in [0, 0.05) is 6.54 Å². The van der Waals surface area contributed by atoms with Crippen molar-refractivity contribution in [2.24, 2.45) is 5.41 Å². The van der Waals surface area contributed by atoms with Crippen LogP contribution in [-0.4, -0.2) is 43.9 Å². The van der Waals surface area contributed by atoms with E-state index in [4.69, 9.17) is 4.74 Å². The summed E-state index contributed by atoms with van der Waals surface area (Å²) in [7, 11) is 3.64. The molecule has 0 amide bonds. The van der Waals surface area contributed by atoms with Gasteiger partial charge in [0.2, 0.25) is 0 Å². The fourth-order valence-electron chi connectivity index (χ4n) is 1.24. The van der Waals surface area contributed by atoms with Gasteiger partial charge in [0.1, 0.15) is 11.2 Å². The molecule has 0 fully saturated rings. The SMILES string of the molecule is CCOC(=O)C(C)(CN(C)C)C(C)=O. The summed E-state index contributed by atoms with van der Waals surface area (Å²) >= 11 is 0. The highest BCUT2D eigenvalue weighted by Crippen LogP contribution is 2.20. The number of ketones is 1. The van der Waals surface area contributed by atoms with Crippen LogP contribution in [0.3, 0.4) is 0 Å². The summed E-state index contributed by atoms with van der Waals surface area (Å²) in [6, 6.07) is 0. The Kier molecular flexibility index (Phi) is 4.77. The molecule has 0 aliphatic rings. The van der Waals surface area contributed by atoms with Crippen molar-refractivity contribution in [3.8, 4) is 0 Å². The molecule has 0 rings (SSSR count). The summed E-state index contributed by atoms with van der Waals surface area (Å²) in [5.74, 6) is -0.606. The molecule has 0 saturated heterocycles. The molecule has 0 heterocycles. The molecular formula is C10H19NO3. The number of carbonyl (C=O) groups excluding carboxylic acids is 2. The number of hydrogen-bond acceptors (Lipinski definition) is 4. The summed E-state index contributed by atoms with van der Waals surface area (Å²) in [4.78, 5) is 24.8. The second kappa shape index (κ2) is 5.10. The molecule has 0 bridgehead atoms. The average Bonchev–Trinajstić information content (AvgIpc) is 2.02. The highest BCUT2D eigenvalue weighted by Gasteiger charge is 2.40. The summed E-state index contributed by atoms with van der Waals surface area (Å²) in [6.45, 7) is 5.44. The van der Waals surface area contributed by atoms with E-state index in [1.807, 2.05) is 14.1 Å². The van der Waals surface area contributed by atoms with Crippen LogP contribution in [0.15, 0.2) is 0 Å². The molecule has 0 N–H and O–H groups in total. The molecule has 14 heavy (non-hydrogen) atoms. The van der Waals surface area contributed by atoms with Crippen molar-refractivity contribution in [2.75, 3.05) is 27.2 Å². The lowest BCUT2D eigenvalue weighted by atomic mass is 9.86. The first-order valence-corrected chi connectivity index (χ1v) is 4.67. The van der Waals surface area contributed by atoms with Gasteiger partial charge in [-0.25, -0.2) is 0 Å². The van der Waals surface area contributed by atoms with Crippen LogP contribution in [0.5, 0.6) is 0 Å². The van der Waals surface area contributed by atoms with E-state index in [1.165, 1.54) is 6.92 Å². The van der Waals surface area contributed by atoms with E-state index >= 15 is 0 Å². The smallest absolute Gasteiger partial charge is 0.320 e. The molecule has 1 unspecified atom stereocenters. The van der Waals surface area contributed by atoms with Crippen molar-refractivity contribution in [2.45, 2.75) is 20.8 Å². The normalized spacial score (nSPS) is 15.0. The van der Waals surface area contributed by atoms with Gasteiger partial charge < -0.3 is 9.64 Å². The van der Waals surface area contributed by atoms with Crippen molar-refractivity contribution in [3.05, 3.63) is 0 Å². The Bertz CT molecular complexity index is 225. The van der Waals surface area contributed by atoms with Crippen molar-refractivity contribution in [3.63, 3.8) is 0 Å². The molecule has 0 aliphatic heterocycles.